The first-order valence-electron chi connectivity index (χ1n) is 7.15. The molecular weight excluding hydrogens is 268 g/mol. The van der Waals surface area contributed by atoms with Gasteiger partial charge in [-0.1, -0.05) is 12.8 Å². The highest BCUT2D eigenvalue weighted by Crippen LogP contribution is 2.20. The second-order valence-electron chi connectivity index (χ2n) is 5.21. The standard InChI is InChI=1S/C14H23F2NO3/c1-11(18)9-12-5-3-2-4-7-17(12)14(19)6-8-20-10-13(15)16/h12-13H,2-10H2,1H3. The first-order valence-corrected chi connectivity index (χ1v) is 7.15. The Morgan fingerprint density at radius 3 is 2.70 bits per heavy atom. The van der Waals surface area contributed by atoms with E-state index >= 15 is 0 Å². The van der Waals surface area contributed by atoms with Crippen LogP contribution in [0.25, 0.3) is 0 Å². The van der Waals surface area contributed by atoms with Gasteiger partial charge in [0.1, 0.15) is 12.4 Å². The molecule has 1 amide bonds. The van der Waals surface area contributed by atoms with Crippen molar-refractivity contribution in [2.75, 3.05) is 19.8 Å². The molecule has 116 valence electrons. The van der Waals surface area contributed by atoms with Crippen LogP contribution >= 0.6 is 0 Å². The minimum atomic E-state index is -2.51. The van der Waals surface area contributed by atoms with Gasteiger partial charge in [-0.15, -0.1) is 0 Å². The van der Waals surface area contributed by atoms with E-state index in [4.69, 9.17) is 4.74 Å². The van der Waals surface area contributed by atoms with Crippen LogP contribution in [0.3, 0.4) is 0 Å². The molecule has 1 rings (SSSR count). The first kappa shape index (κ1) is 17.0. The second kappa shape index (κ2) is 9.00. The summed E-state index contributed by atoms with van der Waals surface area (Å²) in [7, 11) is 0. The fourth-order valence-electron chi connectivity index (χ4n) is 2.53. The summed E-state index contributed by atoms with van der Waals surface area (Å²) in [4.78, 5) is 25.2. The van der Waals surface area contributed by atoms with Gasteiger partial charge in [-0.25, -0.2) is 8.78 Å². The van der Waals surface area contributed by atoms with Crippen LogP contribution in [-0.4, -0.2) is 48.8 Å². The molecule has 1 atom stereocenters. The summed E-state index contributed by atoms with van der Waals surface area (Å²) in [5.74, 6) is -0.0314. The molecule has 0 aromatic rings. The van der Waals surface area contributed by atoms with Crippen molar-refractivity contribution in [2.24, 2.45) is 0 Å². The summed E-state index contributed by atoms with van der Waals surface area (Å²) in [5.41, 5.74) is 0. The van der Waals surface area contributed by atoms with Crippen LogP contribution in [0.1, 0.15) is 45.4 Å². The summed E-state index contributed by atoms with van der Waals surface area (Å²) in [5, 5.41) is 0. The van der Waals surface area contributed by atoms with Crippen LogP contribution in [0.4, 0.5) is 8.78 Å². The van der Waals surface area contributed by atoms with Crippen molar-refractivity contribution in [3.63, 3.8) is 0 Å². The predicted octanol–water partition coefficient (Wildman–Crippen LogP) is 2.41. The highest BCUT2D eigenvalue weighted by molar-refractivity contribution is 5.79. The Bertz CT molecular complexity index is 324. The number of likely N-dealkylation sites (tertiary alicyclic amines) is 1. The topological polar surface area (TPSA) is 46.6 Å². The van der Waals surface area contributed by atoms with Gasteiger partial charge in [0.25, 0.3) is 6.43 Å². The third-order valence-electron chi connectivity index (χ3n) is 3.42. The second-order valence-corrected chi connectivity index (χ2v) is 5.21. The minimum Gasteiger partial charge on any atom is -0.375 e. The largest absolute Gasteiger partial charge is 0.375 e. The zero-order valence-electron chi connectivity index (χ0n) is 11.9. The van der Waals surface area contributed by atoms with E-state index < -0.39 is 13.0 Å². The number of rotatable bonds is 7. The van der Waals surface area contributed by atoms with Crippen molar-refractivity contribution < 1.29 is 23.1 Å². The summed E-state index contributed by atoms with van der Waals surface area (Å²) in [6, 6.07) is -0.0439. The zero-order valence-corrected chi connectivity index (χ0v) is 11.9. The lowest BCUT2D eigenvalue weighted by molar-refractivity contribution is -0.135. The van der Waals surface area contributed by atoms with Crippen LogP contribution in [0, 0.1) is 0 Å². The molecule has 0 bridgehead atoms. The SMILES string of the molecule is CC(=O)CC1CCCCCN1C(=O)CCOCC(F)F. The maximum atomic E-state index is 12.1. The van der Waals surface area contributed by atoms with E-state index in [1.807, 2.05) is 0 Å². The number of carbonyl (C=O) groups is 2. The average Bonchev–Trinajstić information content (AvgIpc) is 2.59. The molecule has 6 heteroatoms. The van der Waals surface area contributed by atoms with E-state index in [-0.39, 0.29) is 30.8 Å². The van der Waals surface area contributed by atoms with E-state index in [2.05, 4.69) is 0 Å². The number of ether oxygens (including phenoxy) is 1. The Hall–Kier alpha value is -1.04. The number of Topliss-reactive ketones (excluding diaryl/α,β-unsaturated/α-hetero) is 1. The monoisotopic (exact) mass is 291 g/mol. The van der Waals surface area contributed by atoms with E-state index in [0.29, 0.717) is 13.0 Å². The van der Waals surface area contributed by atoms with Gasteiger partial charge in [-0.05, 0) is 19.8 Å². The Balaban J connectivity index is 2.45. The molecule has 1 heterocycles. The molecule has 1 aliphatic heterocycles. The molecule has 0 aliphatic carbocycles. The Morgan fingerprint density at radius 2 is 2.05 bits per heavy atom. The van der Waals surface area contributed by atoms with Gasteiger partial charge in [-0.2, -0.15) is 0 Å². The van der Waals surface area contributed by atoms with Crippen molar-refractivity contribution >= 4 is 11.7 Å². The molecule has 0 aromatic heterocycles. The number of ketones is 1. The minimum absolute atomic E-state index is 0.00641. The number of halogens is 2. The quantitative estimate of drug-likeness (QED) is 0.677. The molecule has 20 heavy (non-hydrogen) atoms. The lowest BCUT2D eigenvalue weighted by Gasteiger charge is -2.29. The molecule has 0 saturated carbocycles. The molecule has 4 nitrogen and oxygen atoms in total. The number of hydrogen-bond donors (Lipinski definition) is 0. The molecule has 1 saturated heterocycles. The van der Waals surface area contributed by atoms with Crippen molar-refractivity contribution in [3.8, 4) is 0 Å². The van der Waals surface area contributed by atoms with Gasteiger partial charge in [-0.3, -0.25) is 9.59 Å². The third kappa shape index (κ3) is 6.41. The first-order chi connectivity index (χ1) is 9.50. The van der Waals surface area contributed by atoms with Gasteiger partial charge in [0.2, 0.25) is 5.91 Å². The number of hydrogen-bond acceptors (Lipinski definition) is 3. The highest BCUT2D eigenvalue weighted by atomic mass is 19.3. The molecule has 1 fully saturated rings. The van der Waals surface area contributed by atoms with Gasteiger partial charge in [0.05, 0.1) is 13.0 Å². The molecule has 1 unspecified atom stereocenters. The molecule has 0 radical (unpaired) electrons. The van der Waals surface area contributed by atoms with Gasteiger partial charge < -0.3 is 9.64 Å². The number of carbonyl (C=O) groups excluding carboxylic acids is 2. The highest BCUT2D eigenvalue weighted by Gasteiger charge is 2.26. The van der Waals surface area contributed by atoms with Crippen molar-refractivity contribution in [2.45, 2.75) is 57.9 Å². The Morgan fingerprint density at radius 1 is 1.30 bits per heavy atom. The summed E-state index contributed by atoms with van der Waals surface area (Å²) in [6.45, 7) is 1.54. The number of alkyl halides is 2. The maximum Gasteiger partial charge on any atom is 0.261 e. The van der Waals surface area contributed by atoms with Crippen LogP contribution < -0.4 is 0 Å². The third-order valence-corrected chi connectivity index (χ3v) is 3.42. The molecule has 0 spiro atoms. The molecule has 0 aromatic carbocycles. The van der Waals surface area contributed by atoms with Crippen LogP contribution in [0.15, 0.2) is 0 Å². The van der Waals surface area contributed by atoms with Gasteiger partial charge in [0.15, 0.2) is 0 Å². The fourth-order valence-corrected chi connectivity index (χ4v) is 2.53. The van der Waals surface area contributed by atoms with Crippen LogP contribution in [-0.2, 0) is 14.3 Å². The summed E-state index contributed by atoms with van der Waals surface area (Å²) >= 11 is 0. The zero-order chi connectivity index (χ0) is 15.0. The fraction of sp³-hybridized carbons (Fsp3) is 0.857. The van der Waals surface area contributed by atoms with Gasteiger partial charge in [0, 0.05) is 19.0 Å². The van der Waals surface area contributed by atoms with Crippen molar-refractivity contribution in [3.05, 3.63) is 0 Å². The number of amides is 1. The van der Waals surface area contributed by atoms with Gasteiger partial charge >= 0.3 is 0 Å². The summed E-state index contributed by atoms with van der Waals surface area (Å²) in [6.07, 6.45) is 1.81. The van der Waals surface area contributed by atoms with Crippen molar-refractivity contribution in [1.29, 1.82) is 0 Å². The van der Waals surface area contributed by atoms with E-state index in [9.17, 15) is 18.4 Å². The Labute approximate surface area is 118 Å². The normalized spacial score (nSPS) is 20.0. The maximum absolute atomic E-state index is 12.1. The Kier molecular flexibility index (Phi) is 7.65. The van der Waals surface area contributed by atoms with Crippen molar-refractivity contribution in [1.82, 2.24) is 4.90 Å². The molecular formula is C14H23F2NO3. The lowest BCUT2D eigenvalue weighted by atomic mass is 10.0. The smallest absolute Gasteiger partial charge is 0.261 e. The van der Waals surface area contributed by atoms with E-state index in [1.54, 1.807) is 4.90 Å². The number of nitrogens with zero attached hydrogens (tertiary/aromatic N) is 1. The van der Waals surface area contributed by atoms with Crippen LogP contribution in [0.2, 0.25) is 0 Å². The van der Waals surface area contributed by atoms with E-state index in [1.165, 1.54) is 6.92 Å². The average molecular weight is 291 g/mol. The van der Waals surface area contributed by atoms with E-state index in [0.717, 1.165) is 25.7 Å². The predicted molar refractivity (Wildman–Crippen MR) is 70.7 cm³/mol. The molecule has 0 N–H and O–H groups in total. The van der Waals surface area contributed by atoms with Crippen LogP contribution in [0.5, 0.6) is 0 Å². The molecule has 1 aliphatic rings. The lowest BCUT2D eigenvalue weighted by Crippen LogP contribution is -2.41. The summed E-state index contributed by atoms with van der Waals surface area (Å²) < 4.78 is 28.6.